The molecule has 4 rings (SSSR count). The second-order valence-electron chi connectivity index (χ2n) is 7.82. The predicted octanol–water partition coefficient (Wildman–Crippen LogP) is 5.17. The number of hydrogen-bond donors (Lipinski definition) is 1. The fourth-order valence-corrected chi connectivity index (χ4v) is 6.48. The number of fused-ring (bicyclic) bond motifs is 1. The maximum absolute atomic E-state index is 13.1. The number of esters is 1. The Morgan fingerprint density at radius 1 is 1.24 bits per heavy atom. The molecule has 2 aromatic rings. The fourth-order valence-electron chi connectivity index (χ4n) is 3.88. The van der Waals surface area contributed by atoms with Crippen LogP contribution < -0.4 is 5.32 Å². The third-order valence-electron chi connectivity index (χ3n) is 5.51. The van der Waals surface area contributed by atoms with Crippen molar-refractivity contribution in [3.8, 4) is 0 Å². The number of aryl methyl sites for hydroxylation is 1. The number of anilines is 1. The number of halogens is 1. The van der Waals surface area contributed by atoms with E-state index in [9.17, 15) is 18.8 Å². The lowest BCUT2D eigenvalue weighted by atomic mass is 9.95. The highest BCUT2D eigenvalue weighted by atomic mass is 32.2. The number of amides is 2. The van der Waals surface area contributed by atoms with E-state index in [1.165, 1.54) is 28.4 Å². The van der Waals surface area contributed by atoms with Crippen molar-refractivity contribution in [1.29, 1.82) is 0 Å². The van der Waals surface area contributed by atoms with Crippen LogP contribution in [0.5, 0.6) is 0 Å². The highest BCUT2D eigenvalue weighted by Gasteiger charge is 2.32. The lowest BCUT2D eigenvalue weighted by Gasteiger charge is -2.14. The summed E-state index contributed by atoms with van der Waals surface area (Å²) < 4.78 is 18.7. The van der Waals surface area contributed by atoms with Crippen molar-refractivity contribution in [3.63, 3.8) is 0 Å². The lowest BCUT2D eigenvalue weighted by molar-refractivity contribution is -0.122. The first kappa shape index (κ1) is 24.6. The highest BCUT2D eigenvalue weighted by Crippen LogP contribution is 2.39. The number of thiocarbonyl (C=S) groups is 1. The monoisotopic (exact) mass is 518 g/mol. The van der Waals surface area contributed by atoms with E-state index in [1.54, 1.807) is 25.1 Å². The average Bonchev–Trinajstić information content (AvgIpc) is 3.30. The molecule has 0 bridgehead atoms. The zero-order valence-electron chi connectivity index (χ0n) is 18.5. The van der Waals surface area contributed by atoms with E-state index in [1.807, 2.05) is 0 Å². The van der Waals surface area contributed by atoms with Crippen molar-refractivity contribution in [3.05, 3.63) is 56.6 Å². The second-order valence-corrected chi connectivity index (χ2v) is 10.6. The molecule has 0 atom stereocenters. The molecule has 1 N–H and O–H groups in total. The Morgan fingerprint density at radius 3 is 2.71 bits per heavy atom. The normalized spacial score (nSPS) is 16.6. The zero-order valence-corrected chi connectivity index (χ0v) is 21.0. The average molecular weight is 519 g/mol. The van der Waals surface area contributed by atoms with E-state index >= 15 is 0 Å². The number of thioether (sulfide) groups is 1. The van der Waals surface area contributed by atoms with E-state index in [2.05, 4.69) is 5.32 Å². The van der Waals surface area contributed by atoms with Crippen molar-refractivity contribution in [2.75, 3.05) is 18.5 Å². The van der Waals surface area contributed by atoms with Gasteiger partial charge in [0.25, 0.3) is 5.91 Å². The molecule has 0 unspecified atom stereocenters. The van der Waals surface area contributed by atoms with Gasteiger partial charge in [-0.25, -0.2) is 9.18 Å². The molecule has 1 aliphatic heterocycles. The van der Waals surface area contributed by atoms with E-state index in [0.717, 1.165) is 47.9 Å². The molecule has 0 radical (unpaired) electrons. The van der Waals surface area contributed by atoms with Gasteiger partial charge in [0.2, 0.25) is 5.91 Å². The Kier molecular flexibility index (Phi) is 7.80. The Labute approximate surface area is 210 Å². The number of nitrogens with one attached hydrogen (secondary N) is 1. The van der Waals surface area contributed by atoms with Gasteiger partial charge in [0, 0.05) is 17.8 Å². The van der Waals surface area contributed by atoms with E-state index in [0.29, 0.717) is 25.4 Å². The smallest absolute Gasteiger partial charge is 0.341 e. The third-order valence-corrected chi connectivity index (χ3v) is 8.09. The molecule has 1 saturated heterocycles. The van der Waals surface area contributed by atoms with Gasteiger partial charge >= 0.3 is 5.97 Å². The maximum Gasteiger partial charge on any atom is 0.341 e. The molecule has 0 saturated carbocycles. The highest BCUT2D eigenvalue weighted by molar-refractivity contribution is 8.26. The first-order valence-electron chi connectivity index (χ1n) is 11.0. The van der Waals surface area contributed by atoms with Gasteiger partial charge in [-0.2, -0.15) is 0 Å². The minimum atomic E-state index is -0.417. The van der Waals surface area contributed by atoms with Crippen molar-refractivity contribution in [2.45, 2.75) is 39.0 Å². The first-order chi connectivity index (χ1) is 16.4. The summed E-state index contributed by atoms with van der Waals surface area (Å²) in [6.07, 6.45) is 5.43. The summed E-state index contributed by atoms with van der Waals surface area (Å²) in [6, 6.07) is 5.81. The van der Waals surface area contributed by atoms with Gasteiger partial charge in [0.05, 0.1) is 17.1 Å². The van der Waals surface area contributed by atoms with Crippen LogP contribution in [-0.4, -0.2) is 40.2 Å². The number of hydrogen-bond acceptors (Lipinski definition) is 7. The van der Waals surface area contributed by atoms with Crippen LogP contribution in [0.15, 0.2) is 29.2 Å². The van der Waals surface area contributed by atoms with E-state index < -0.39 is 5.97 Å². The molecule has 1 aromatic heterocycles. The number of rotatable bonds is 7. The Hall–Kier alpha value is -2.56. The number of carbonyl (C=O) groups is 3. The molecule has 10 heteroatoms. The van der Waals surface area contributed by atoms with Gasteiger partial charge in [-0.15, -0.1) is 11.3 Å². The van der Waals surface area contributed by atoms with Crippen LogP contribution >= 0.6 is 35.3 Å². The minimum absolute atomic E-state index is 0.0289. The molecular weight excluding hydrogens is 495 g/mol. The molecule has 1 aliphatic carbocycles. The molecule has 34 heavy (non-hydrogen) atoms. The Morgan fingerprint density at radius 2 is 1.97 bits per heavy atom. The second kappa shape index (κ2) is 10.8. The summed E-state index contributed by atoms with van der Waals surface area (Å²) >= 11 is 7.91. The third kappa shape index (κ3) is 5.39. The van der Waals surface area contributed by atoms with Gasteiger partial charge in [-0.05, 0) is 61.9 Å². The standard InChI is InChI=1S/C24H23FN2O4S3/c1-2-31-23(30)20-16-5-3-4-6-17(16)33-21(20)26-19(28)11-12-27-22(29)18(34-24(27)32)13-14-7-9-15(25)10-8-14/h7-10,13H,2-6,11-12H2,1H3,(H,26,28)/b18-13-. The Balaban J connectivity index is 1.42. The van der Waals surface area contributed by atoms with E-state index in [4.69, 9.17) is 17.0 Å². The van der Waals surface area contributed by atoms with Crippen LogP contribution in [0, 0.1) is 5.82 Å². The molecule has 2 heterocycles. The maximum atomic E-state index is 13.1. The van der Waals surface area contributed by atoms with Crippen molar-refractivity contribution < 1.29 is 23.5 Å². The van der Waals surface area contributed by atoms with Crippen LogP contribution in [0.4, 0.5) is 9.39 Å². The number of thiophene rings is 1. The van der Waals surface area contributed by atoms with Gasteiger partial charge in [0.1, 0.15) is 15.1 Å². The number of nitrogens with zero attached hydrogens (tertiary/aromatic N) is 1. The molecule has 6 nitrogen and oxygen atoms in total. The molecular formula is C24H23FN2O4S3. The van der Waals surface area contributed by atoms with Crippen molar-refractivity contribution in [2.24, 2.45) is 0 Å². The molecule has 0 spiro atoms. The minimum Gasteiger partial charge on any atom is -0.462 e. The van der Waals surface area contributed by atoms with Gasteiger partial charge in [-0.1, -0.05) is 36.1 Å². The molecule has 2 amide bonds. The van der Waals surface area contributed by atoms with Crippen LogP contribution in [0.3, 0.4) is 0 Å². The molecule has 1 aromatic carbocycles. The fraction of sp³-hybridized carbons (Fsp3) is 0.333. The van der Waals surface area contributed by atoms with Crippen LogP contribution in [0.2, 0.25) is 0 Å². The quantitative estimate of drug-likeness (QED) is 0.310. The number of benzene rings is 1. The topological polar surface area (TPSA) is 75.7 Å². The van der Waals surface area contributed by atoms with Gasteiger partial charge in [-0.3, -0.25) is 14.5 Å². The first-order valence-corrected chi connectivity index (χ1v) is 13.0. The SMILES string of the molecule is CCOC(=O)c1c(NC(=O)CCN2C(=O)/C(=C/c3ccc(F)cc3)SC2=S)sc2c1CCCC2. The zero-order chi connectivity index (χ0) is 24.2. The van der Waals surface area contributed by atoms with Crippen LogP contribution in [-0.2, 0) is 27.2 Å². The molecule has 178 valence electrons. The summed E-state index contributed by atoms with van der Waals surface area (Å²) in [5.74, 6) is -1.36. The number of ether oxygens (including phenoxy) is 1. The molecule has 2 aliphatic rings. The van der Waals surface area contributed by atoms with Crippen molar-refractivity contribution >= 4 is 68.5 Å². The van der Waals surface area contributed by atoms with E-state index in [-0.39, 0.29) is 37.2 Å². The summed E-state index contributed by atoms with van der Waals surface area (Å²) in [4.78, 5) is 41.0. The summed E-state index contributed by atoms with van der Waals surface area (Å²) in [5, 5.41) is 3.37. The summed E-state index contributed by atoms with van der Waals surface area (Å²) in [6.45, 7) is 2.13. The largest absolute Gasteiger partial charge is 0.462 e. The summed E-state index contributed by atoms with van der Waals surface area (Å²) in [7, 11) is 0. The lowest BCUT2D eigenvalue weighted by Crippen LogP contribution is -2.31. The van der Waals surface area contributed by atoms with Gasteiger partial charge in [0.15, 0.2) is 0 Å². The molecule has 1 fully saturated rings. The Bertz CT molecular complexity index is 1170. The number of carbonyl (C=O) groups excluding carboxylic acids is 3. The van der Waals surface area contributed by atoms with Crippen LogP contribution in [0.1, 0.15) is 52.5 Å². The van der Waals surface area contributed by atoms with Gasteiger partial charge < -0.3 is 10.1 Å². The van der Waals surface area contributed by atoms with Crippen molar-refractivity contribution in [1.82, 2.24) is 4.90 Å². The predicted molar refractivity (Wildman–Crippen MR) is 136 cm³/mol. The summed E-state index contributed by atoms with van der Waals surface area (Å²) in [5.41, 5.74) is 2.13. The van der Waals surface area contributed by atoms with Crippen LogP contribution in [0.25, 0.3) is 6.08 Å².